The van der Waals surface area contributed by atoms with Gasteiger partial charge in [0.15, 0.2) is 5.82 Å². The van der Waals surface area contributed by atoms with Gasteiger partial charge in [-0.1, -0.05) is 18.2 Å². The average Bonchev–Trinajstić information content (AvgIpc) is 2.67. The Kier molecular flexibility index (Phi) is 4.00. The van der Waals surface area contributed by atoms with E-state index >= 15 is 0 Å². The van der Waals surface area contributed by atoms with Gasteiger partial charge in [0.2, 0.25) is 0 Å². The van der Waals surface area contributed by atoms with Gasteiger partial charge in [-0.15, -0.1) is 0 Å². The van der Waals surface area contributed by atoms with Crippen LogP contribution in [0.2, 0.25) is 0 Å². The molecule has 4 rings (SSSR count). The van der Waals surface area contributed by atoms with E-state index in [1.54, 1.807) is 12.3 Å². The predicted molar refractivity (Wildman–Crippen MR) is 99.0 cm³/mol. The molecule has 0 spiro atoms. The number of hydrogen-bond acceptors (Lipinski definition) is 6. The number of nitrogen functional groups attached to an aromatic ring is 1. The summed E-state index contributed by atoms with van der Waals surface area (Å²) in [7, 11) is 0. The van der Waals surface area contributed by atoms with Crippen LogP contribution < -0.4 is 10.6 Å². The lowest BCUT2D eigenvalue weighted by Gasteiger charge is -2.33. The number of nitrogens with zero attached hydrogens (tertiary/aromatic N) is 5. The number of fused-ring (bicyclic) bond motifs is 1. The molecule has 0 unspecified atom stereocenters. The van der Waals surface area contributed by atoms with E-state index in [1.807, 2.05) is 35.2 Å². The van der Waals surface area contributed by atoms with E-state index in [9.17, 15) is 4.79 Å². The monoisotopic (exact) mass is 350 g/mol. The summed E-state index contributed by atoms with van der Waals surface area (Å²) >= 11 is 0. The Bertz CT molecular complexity index is 969. The molecule has 1 aromatic carbocycles. The van der Waals surface area contributed by atoms with Crippen LogP contribution in [0.15, 0.2) is 42.6 Å². The molecular formula is C18H18N6O2. The predicted octanol–water partition coefficient (Wildman–Crippen LogP) is 2.07. The third-order valence-electron chi connectivity index (χ3n) is 4.46. The number of piperazine rings is 1. The maximum Gasteiger partial charge on any atom is 0.407 e. The SMILES string of the molecule is Nc1cc(N2CCN(C(=O)O)CC2)nc(-c2cnc3ccccc3c2)n1. The van der Waals surface area contributed by atoms with Crippen molar-refractivity contribution in [2.24, 2.45) is 0 Å². The Labute approximate surface area is 149 Å². The number of carbonyl (C=O) groups is 1. The second-order valence-electron chi connectivity index (χ2n) is 6.15. The maximum atomic E-state index is 11.1. The van der Waals surface area contributed by atoms with Gasteiger partial charge in [0.1, 0.15) is 11.6 Å². The molecule has 26 heavy (non-hydrogen) atoms. The number of aromatic nitrogens is 3. The summed E-state index contributed by atoms with van der Waals surface area (Å²) in [5, 5.41) is 10.1. The van der Waals surface area contributed by atoms with Crippen LogP contribution in [0.25, 0.3) is 22.3 Å². The second kappa shape index (κ2) is 6.47. The van der Waals surface area contributed by atoms with Crippen molar-refractivity contribution < 1.29 is 9.90 Å². The number of nitrogens with two attached hydrogens (primary N) is 1. The quantitative estimate of drug-likeness (QED) is 0.728. The first-order valence-electron chi connectivity index (χ1n) is 8.33. The second-order valence-corrected chi connectivity index (χ2v) is 6.15. The molecule has 0 atom stereocenters. The molecule has 132 valence electrons. The molecule has 3 aromatic rings. The van der Waals surface area contributed by atoms with Crippen LogP contribution in [0.3, 0.4) is 0 Å². The number of amides is 1. The first kappa shape index (κ1) is 16.1. The Morgan fingerprint density at radius 1 is 1.08 bits per heavy atom. The van der Waals surface area contributed by atoms with Crippen LogP contribution >= 0.6 is 0 Å². The minimum Gasteiger partial charge on any atom is -0.465 e. The maximum absolute atomic E-state index is 11.1. The largest absolute Gasteiger partial charge is 0.465 e. The molecule has 0 aliphatic carbocycles. The van der Waals surface area contributed by atoms with E-state index < -0.39 is 6.09 Å². The van der Waals surface area contributed by atoms with Gasteiger partial charge in [0.05, 0.1) is 5.52 Å². The summed E-state index contributed by atoms with van der Waals surface area (Å²) < 4.78 is 0. The summed E-state index contributed by atoms with van der Waals surface area (Å²) in [5.41, 5.74) is 7.69. The van der Waals surface area contributed by atoms with Crippen LogP contribution in [0.1, 0.15) is 0 Å². The molecule has 0 saturated carbocycles. The molecule has 2 aromatic heterocycles. The highest BCUT2D eigenvalue weighted by molar-refractivity contribution is 5.82. The molecule has 8 heteroatoms. The molecule has 1 aliphatic heterocycles. The molecule has 1 amide bonds. The fraction of sp³-hybridized carbons (Fsp3) is 0.222. The van der Waals surface area contributed by atoms with Gasteiger partial charge in [-0.25, -0.2) is 14.8 Å². The lowest BCUT2D eigenvalue weighted by molar-refractivity contribution is 0.142. The number of anilines is 2. The lowest BCUT2D eigenvalue weighted by Crippen LogP contribution is -2.48. The molecule has 1 saturated heterocycles. The van der Waals surface area contributed by atoms with Crippen molar-refractivity contribution in [2.75, 3.05) is 36.8 Å². The van der Waals surface area contributed by atoms with Crippen molar-refractivity contribution in [1.82, 2.24) is 19.9 Å². The fourth-order valence-electron chi connectivity index (χ4n) is 3.06. The van der Waals surface area contributed by atoms with Gasteiger partial charge in [0.25, 0.3) is 0 Å². The highest BCUT2D eigenvalue weighted by atomic mass is 16.4. The van der Waals surface area contributed by atoms with E-state index in [2.05, 4.69) is 15.0 Å². The van der Waals surface area contributed by atoms with Crippen molar-refractivity contribution in [1.29, 1.82) is 0 Å². The highest BCUT2D eigenvalue weighted by Crippen LogP contribution is 2.24. The fourth-order valence-corrected chi connectivity index (χ4v) is 3.06. The summed E-state index contributed by atoms with van der Waals surface area (Å²) in [6.07, 6.45) is 0.846. The lowest BCUT2D eigenvalue weighted by atomic mass is 10.1. The van der Waals surface area contributed by atoms with Gasteiger partial charge in [-0.2, -0.15) is 0 Å². The molecule has 0 bridgehead atoms. The zero-order valence-corrected chi connectivity index (χ0v) is 14.0. The Morgan fingerprint density at radius 2 is 1.85 bits per heavy atom. The molecule has 1 aliphatic rings. The van der Waals surface area contributed by atoms with Crippen molar-refractivity contribution in [3.05, 3.63) is 42.6 Å². The van der Waals surface area contributed by atoms with Crippen LogP contribution in [0, 0.1) is 0 Å². The van der Waals surface area contributed by atoms with Gasteiger partial charge < -0.3 is 20.6 Å². The standard InChI is InChI=1S/C18H18N6O2/c19-15-10-16(23-5-7-24(8-6-23)18(25)26)22-17(21-15)13-9-12-3-1-2-4-14(12)20-11-13/h1-4,9-11H,5-8H2,(H,25,26)(H2,19,21,22). The summed E-state index contributed by atoms with van der Waals surface area (Å²) in [6, 6.07) is 11.6. The topological polar surface area (TPSA) is 108 Å². The van der Waals surface area contributed by atoms with E-state index in [-0.39, 0.29) is 0 Å². The normalized spacial score (nSPS) is 14.6. The molecule has 8 nitrogen and oxygen atoms in total. The van der Waals surface area contributed by atoms with Gasteiger partial charge >= 0.3 is 6.09 Å². The van der Waals surface area contributed by atoms with E-state index in [1.165, 1.54) is 4.90 Å². The van der Waals surface area contributed by atoms with Crippen LogP contribution in [0.4, 0.5) is 16.4 Å². The van der Waals surface area contributed by atoms with Crippen LogP contribution in [0.5, 0.6) is 0 Å². The average molecular weight is 350 g/mol. The summed E-state index contributed by atoms with van der Waals surface area (Å²) in [5.74, 6) is 1.59. The van der Waals surface area contributed by atoms with E-state index in [0.29, 0.717) is 43.6 Å². The number of carboxylic acid groups (broad SMARTS) is 1. The number of pyridine rings is 1. The zero-order valence-electron chi connectivity index (χ0n) is 14.0. The first-order valence-corrected chi connectivity index (χ1v) is 8.33. The number of hydrogen-bond donors (Lipinski definition) is 2. The number of rotatable bonds is 2. The highest BCUT2D eigenvalue weighted by Gasteiger charge is 2.22. The minimum atomic E-state index is -0.894. The third kappa shape index (κ3) is 3.08. The van der Waals surface area contributed by atoms with Gasteiger partial charge in [0, 0.05) is 49.4 Å². The van der Waals surface area contributed by atoms with Crippen molar-refractivity contribution in [3.8, 4) is 11.4 Å². The smallest absolute Gasteiger partial charge is 0.407 e. The van der Waals surface area contributed by atoms with Crippen molar-refractivity contribution in [2.45, 2.75) is 0 Å². The first-order chi connectivity index (χ1) is 12.6. The zero-order chi connectivity index (χ0) is 18.1. The van der Waals surface area contributed by atoms with Crippen molar-refractivity contribution >= 4 is 28.6 Å². The Balaban J connectivity index is 1.64. The molecular weight excluding hydrogens is 332 g/mol. The van der Waals surface area contributed by atoms with E-state index in [0.717, 1.165) is 16.5 Å². The number of benzene rings is 1. The minimum absolute atomic E-state index is 0.374. The molecule has 3 N–H and O–H groups in total. The Hall–Kier alpha value is -3.42. The summed E-state index contributed by atoms with van der Waals surface area (Å²) in [4.78, 5) is 27.9. The summed E-state index contributed by atoms with van der Waals surface area (Å²) in [6.45, 7) is 2.01. The van der Waals surface area contributed by atoms with Gasteiger partial charge in [-0.05, 0) is 12.1 Å². The van der Waals surface area contributed by atoms with Crippen molar-refractivity contribution in [3.63, 3.8) is 0 Å². The molecule has 0 radical (unpaired) electrons. The number of para-hydroxylation sites is 1. The molecule has 3 heterocycles. The molecule has 1 fully saturated rings. The van der Waals surface area contributed by atoms with Crippen LogP contribution in [-0.4, -0.2) is 57.2 Å². The Morgan fingerprint density at radius 3 is 2.62 bits per heavy atom. The van der Waals surface area contributed by atoms with Crippen LogP contribution in [-0.2, 0) is 0 Å². The van der Waals surface area contributed by atoms with E-state index in [4.69, 9.17) is 10.8 Å². The third-order valence-corrected chi connectivity index (χ3v) is 4.46. The van der Waals surface area contributed by atoms with Gasteiger partial charge in [-0.3, -0.25) is 4.98 Å².